The van der Waals surface area contributed by atoms with E-state index in [4.69, 9.17) is 0 Å². The van der Waals surface area contributed by atoms with E-state index in [-0.39, 0.29) is 0 Å². The second kappa shape index (κ2) is 1.70. The van der Waals surface area contributed by atoms with Gasteiger partial charge in [0.25, 0.3) is 0 Å². The molecule has 0 aromatic heterocycles. The third-order valence-corrected chi connectivity index (χ3v) is 2.54. The Labute approximate surface area is 58.6 Å². The summed E-state index contributed by atoms with van der Waals surface area (Å²) < 4.78 is 0. The van der Waals surface area contributed by atoms with Crippen LogP contribution in [0.25, 0.3) is 0 Å². The first-order valence-electron chi connectivity index (χ1n) is 2.92. The van der Waals surface area contributed by atoms with Crippen LogP contribution in [0.3, 0.4) is 0 Å². The Hall–Kier alpha value is -0.570. The van der Waals surface area contributed by atoms with E-state index in [1.807, 2.05) is 0 Å². The molecule has 0 aromatic rings. The molecule has 0 atom stereocenters. The van der Waals surface area contributed by atoms with Crippen LogP contribution in [-0.2, 0) is 0 Å². The van der Waals surface area contributed by atoms with Gasteiger partial charge in [-0.05, 0) is 12.3 Å². The van der Waals surface area contributed by atoms with Gasteiger partial charge in [0.1, 0.15) is 0 Å². The summed E-state index contributed by atoms with van der Waals surface area (Å²) in [5, 5.41) is 6.72. The summed E-state index contributed by atoms with van der Waals surface area (Å²) in [7, 11) is 0. The van der Waals surface area contributed by atoms with Crippen LogP contribution < -0.4 is 5.32 Å². The number of thioether (sulfide) groups is 1. The highest BCUT2D eigenvalue weighted by molar-refractivity contribution is 8.06. The Kier molecular flexibility index (Phi) is 0.990. The fourth-order valence-corrected chi connectivity index (χ4v) is 1.86. The van der Waals surface area contributed by atoms with Crippen molar-refractivity contribution in [3.05, 3.63) is 22.3 Å². The summed E-state index contributed by atoms with van der Waals surface area (Å²) in [6.45, 7) is 3.06. The lowest BCUT2D eigenvalue weighted by molar-refractivity contribution is 0.519. The molecule has 9 heavy (non-hydrogen) atoms. The van der Waals surface area contributed by atoms with E-state index < -0.39 is 0 Å². The molecular weight excluding hydrogens is 132 g/mol. The zero-order chi connectivity index (χ0) is 6.27. The molecule has 0 spiro atoms. The highest BCUT2D eigenvalue weighted by atomic mass is 32.2. The highest BCUT2D eigenvalue weighted by Gasteiger charge is 2.19. The van der Waals surface area contributed by atoms with E-state index in [1.165, 1.54) is 10.7 Å². The molecule has 0 saturated carbocycles. The van der Waals surface area contributed by atoms with Crippen LogP contribution in [0.15, 0.2) is 22.3 Å². The topological polar surface area (TPSA) is 15.3 Å². The molecule has 2 heterocycles. The maximum Gasteiger partial charge on any atom is 0.0996 e. The van der Waals surface area contributed by atoms with Crippen molar-refractivity contribution >= 4 is 11.8 Å². The van der Waals surface area contributed by atoms with Gasteiger partial charge in [0.15, 0.2) is 0 Å². The molecule has 2 aliphatic heterocycles. The van der Waals surface area contributed by atoms with E-state index >= 15 is 0 Å². The molecule has 1 N–H and O–H groups in total. The third-order valence-electron chi connectivity index (χ3n) is 1.52. The van der Waals surface area contributed by atoms with Crippen molar-refractivity contribution in [2.24, 2.45) is 0 Å². The number of hydrogen-bond acceptors (Lipinski definition) is 3. The molecule has 0 unspecified atom stereocenters. The lowest BCUT2D eigenvalue weighted by Gasteiger charge is -2.06. The van der Waals surface area contributed by atoms with Crippen molar-refractivity contribution in [2.75, 3.05) is 6.67 Å². The quantitative estimate of drug-likeness (QED) is 0.545. The summed E-state index contributed by atoms with van der Waals surface area (Å²) in [6, 6.07) is 0. The Balaban J connectivity index is 2.34. The van der Waals surface area contributed by atoms with E-state index in [0.717, 1.165) is 6.67 Å². The van der Waals surface area contributed by atoms with Gasteiger partial charge in [0, 0.05) is 11.9 Å². The Morgan fingerprint density at radius 3 is 3.44 bits per heavy atom. The second-order valence-electron chi connectivity index (χ2n) is 2.14. The molecule has 48 valence electrons. The fourth-order valence-electron chi connectivity index (χ4n) is 1.01. The van der Waals surface area contributed by atoms with E-state index in [1.54, 1.807) is 11.8 Å². The molecule has 3 heteroatoms. The molecule has 0 radical (unpaired) electrons. The number of rotatable bonds is 0. The van der Waals surface area contributed by atoms with Gasteiger partial charge in [0.2, 0.25) is 0 Å². The van der Waals surface area contributed by atoms with Gasteiger partial charge < -0.3 is 10.2 Å². The molecule has 0 saturated heterocycles. The minimum Gasteiger partial charge on any atom is -0.369 e. The Bertz CT molecular complexity index is 195. The van der Waals surface area contributed by atoms with Gasteiger partial charge in [-0.3, -0.25) is 0 Å². The number of nitrogens with one attached hydrogen (secondary N) is 1. The van der Waals surface area contributed by atoms with Gasteiger partial charge in [-0.2, -0.15) is 0 Å². The predicted octanol–water partition coefficient (Wildman–Crippen LogP) is 1.26. The van der Waals surface area contributed by atoms with Crippen LogP contribution >= 0.6 is 11.8 Å². The number of allylic oxidation sites excluding steroid dienone is 1. The van der Waals surface area contributed by atoms with Gasteiger partial charge in [-0.1, -0.05) is 11.8 Å². The summed E-state index contributed by atoms with van der Waals surface area (Å²) in [5.41, 5.74) is 1.30. The van der Waals surface area contributed by atoms with Crippen molar-refractivity contribution in [1.82, 2.24) is 10.2 Å². The van der Waals surface area contributed by atoms with Crippen molar-refractivity contribution in [1.29, 1.82) is 0 Å². The van der Waals surface area contributed by atoms with Crippen molar-refractivity contribution in [3.63, 3.8) is 0 Å². The second-order valence-corrected chi connectivity index (χ2v) is 3.03. The molecule has 0 fully saturated rings. The third kappa shape index (κ3) is 0.645. The molecule has 2 nitrogen and oxygen atoms in total. The standard InChI is InChI=1S/C6H8N2S/c1-5-6-8(4-7-5)2-3-9-6/h2-3,7H,4H2,1H3. The first kappa shape index (κ1) is 5.23. The lowest BCUT2D eigenvalue weighted by atomic mass is 10.6. The van der Waals surface area contributed by atoms with E-state index in [9.17, 15) is 0 Å². The van der Waals surface area contributed by atoms with Crippen molar-refractivity contribution in [2.45, 2.75) is 6.92 Å². The van der Waals surface area contributed by atoms with Gasteiger partial charge in [0.05, 0.1) is 11.7 Å². The van der Waals surface area contributed by atoms with Crippen LogP contribution in [0.5, 0.6) is 0 Å². The minimum absolute atomic E-state index is 0.949. The zero-order valence-corrected chi connectivity index (χ0v) is 6.03. The average Bonchev–Trinajstić information content (AvgIpc) is 2.35. The normalized spacial score (nSPS) is 23.0. The maximum absolute atomic E-state index is 3.25. The van der Waals surface area contributed by atoms with Crippen molar-refractivity contribution < 1.29 is 0 Å². The fraction of sp³-hybridized carbons (Fsp3) is 0.333. The van der Waals surface area contributed by atoms with E-state index in [2.05, 4.69) is 28.7 Å². The first-order chi connectivity index (χ1) is 4.38. The summed E-state index contributed by atoms with van der Waals surface area (Å²) >= 11 is 1.78. The van der Waals surface area contributed by atoms with Gasteiger partial charge in [-0.15, -0.1) is 0 Å². The van der Waals surface area contributed by atoms with Crippen LogP contribution in [0.4, 0.5) is 0 Å². The van der Waals surface area contributed by atoms with E-state index in [0.29, 0.717) is 0 Å². The number of hydrogen-bond donors (Lipinski definition) is 1. The largest absolute Gasteiger partial charge is 0.369 e. The molecule has 0 amide bonds. The van der Waals surface area contributed by atoms with Gasteiger partial charge >= 0.3 is 0 Å². The lowest BCUT2D eigenvalue weighted by Crippen LogP contribution is -2.15. The van der Waals surface area contributed by atoms with Crippen molar-refractivity contribution in [3.8, 4) is 0 Å². The molecule has 0 aromatic carbocycles. The minimum atomic E-state index is 0.949. The number of fused-ring (bicyclic) bond motifs is 1. The van der Waals surface area contributed by atoms with Gasteiger partial charge in [-0.25, -0.2) is 0 Å². The molecule has 0 aliphatic carbocycles. The monoisotopic (exact) mass is 140 g/mol. The van der Waals surface area contributed by atoms with Crippen LogP contribution in [0, 0.1) is 0 Å². The zero-order valence-electron chi connectivity index (χ0n) is 5.22. The van der Waals surface area contributed by atoms with Crippen LogP contribution in [-0.4, -0.2) is 11.6 Å². The maximum atomic E-state index is 3.25. The first-order valence-corrected chi connectivity index (χ1v) is 3.80. The molecule has 2 rings (SSSR count). The smallest absolute Gasteiger partial charge is 0.0996 e. The molecule has 2 aliphatic rings. The highest BCUT2D eigenvalue weighted by Crippen LogP contribution is 2.33. The Morgan fingerprint density at radius 1 is 1.78 bits per heavy atom. The summed E-state index contributed by atoms with van der Waals surface area (Å²) in [6.07, 6.45) is 2.10. The summed E-state index contributed by atoms with van der Waals surface area (Å²) in [5.74, 6) is 0. The SMILES string of the molecule is CC1=C2SC=CN2CN1. The summed E-state index contributed by atoms with van der Waals surface area (Å²) in [4.78, 5) is 2.21. The number of nitrogens with zero attached hydrogens (tertiary/aromatic N) is 1. The predicted molar refractivity (Wildman–Crippen MR) is 39.3 cm³/mol. The Morgan fingerprint density at radius 2 is 2.67 bits per heavy atom. The van der Waals surface area contributed by atoms with Crippen LogP contribution in [0.2, 0.25) is 0 Å². The average molecular weight is 140 g/mol. The van der Waals surface area contributed by atoms with Crippen LogP contribution in [0.1, 0.15) is 6.92 Å². The molecular formula is C6H8N2S. The molecule has 0 bridgehead atoms.